The van der Waals surface area contributed by atoms with E-state index in [2.05, 4.69) is 26.6 Å². The number of nitrogens with zero attached hydrogens (tertiary/aromatic N) is 2. The smallest absolute Gasteiger partial charge is 0.229 e. The number of carbonyl (C=O) groups is 1. The highest BCUT2D eigenvalue weighted by molar-refractivity contribution is 7.17. The lowest BCUT2D eigenvalue weighted by atomic mass is 9.96. The summed E-state index contributed by atoms with van der Waals surface area (Å²) < 4.78 is 15.0. The van der Waals surface area contributed by atoms with E-state index in [0.717, 1.165) is 30.6 Å². The van der Waals surface area contributed by atoms with Crippen molar-refractivity contribution < 1.29 is 9.18 Å². The molecular weight excluding hydrogens is 337 g/mol. The van der Waals surface area contributed by atoms with Crippen LogP contribution in [0.1, 0.15) is 12.8 Å². The fraction of sp³-hybridized carbons (Fsp3) is 0.263. The first-order valence-corrected chi connectivity index (χ1v) is 9.23. The van der Waals surface area contributed by atoms with Gasteiger partial charge >= 0.3 is 0 Å². The number of benzene rings is 1. The zero-order valence-electron chi connectivity index (χ0n) is 13.6. The van der Waals surface area contributed by atoms with Crippen molar-refractivity contribution in [3.8, 4) is 0 Å². The molecule has 1 amide bonds. The molecule has 3 aromatic rings. The molecular formula is C19H18FN3OS. The van der Waals surface area contributed by atoms with Gasteiger partial charge in [-0.2, -0.15) is 0 Å². The maximum Gasteiger partial charge on any atom is 0.229 e. The minimum atomic E-state index is -0.409. The van der Waals surface area contributed by atoms with Crippen molar-refractivity contribution in [3.05, 3.63) is 53.8 Å². The van der Waals surface area contributed by atoms with Crippen molar-refractivity contribution in [1.82, 2.24) is 4.98 Å². The summed E-state index contributed by atoms with van der Waals surface area (Å²) in [6.07, 6.45) is 3.53. The molecule has 3 heterocycles. The first-order valence-electron chi connectivity index (χ1n) is 8.35. The van der Waals surface area contributed by atoms with Crippen LogP contribution < -0.4 is 10.2 Å². The summed E-state index contributed by atoms with van der Waals surface area (Å²) in [5, 5.41) is 5.91. The van der Waals surface area contributed by atoms with Gasteiger partial charge in [-0.05, 0) is 42.5 Å². The summed E-state index contributed by atoms with van der Waals surface area (Å²) in [5.41, 5.74) is 0.239. The lowest BCUT2D eigenvalue weighted by Gasteiger charge is -2.33. The first-order chi connectivity index (χ1) is 12.2. The first kappa shape index (κ1) is 16.0. The Labute approximate surface area is 149 Å². The van der Waals surface area contributed by atoms with Crippen LogP contribution in [0, 0.1) is 11.7 Å². The van der Waals surface area contributed by atoms with Gasteiger partial charge < -0.3 is 10.2 Å². The molecule has 4 nitrogen and oxygen atoms in total. The zero-order valence-corrected chi connectivity index (χ0v) is 14.4. The third kappa shape index (κ3) is 3.22. The van der Waals surface area contributed by atoms with E-state index < -0.39 is 5.82 Å². The van der Waals surface area contributed by atoms with Gasteiger partial charge in [-0.15, -0.1) is 11.3 Å². The number of hydrogen-bond donors (Lipinski definition) is 1. The Hall–Kier alpha value is -2.47. The Kier molecular flexibility index (Phi) is 4.36. The molecule has 0 saturated carbocycles. The van der Waals surface area contributed by atoms with E-state index in [-0.39, 0.29) is 17.5 Å². The summed E-state index contributed by atoms with van der Waals surface area (Å²) >= 11 is 1.69. The van der Waals surface area contributed by atoms with Gasteiger partial charge in [-0.25, -0.2) is 9.37 Å². The molecule has 2 aromatic heterocycles. The molecule has 1 aliphatic heterocycles. The Morgan fingerprint density at radius 2 is 2.16 bits per heavy atom. The third-order valence-electron chi connectivity index (χ3n) is 4.58. The monoisotopic (exact) mass is 355 g/mol. The molecule has 1 aromatic carbocycles. The lowest BCUT2D eigenvalue weighted by Crippen LogP contribution is -2.41. The van der Waals surface area contributed by atoms with Crippen LogP contribution in [-0.4, -0.2) is 24.0 Å². The molecule has 1 fully saturated rings. The number of aromatic nitrogens is 1. The summed E-state index contributed by atoms with van der Waals surface area (Å²) in [4.78, 5) is 19.3. The zero-order chi connectivity index (χ0) is 17.2. The minimum Gasteiger partial charge on any atom is -0.355 e. The fourth-order valence-corrected chi connectivity index (χ4v) is 4.09. The molecule has 128 valence electrons. The van der Waals surface area contributed by atoms with E-state index in [1.807, 2.05) is 12.3 Å². The van der Waals surface area contributed by atoms with Crippen LogP contribution in [0.15, 0.2) is 48.0 Å². The number of para-hydroxylation sites is 1. The average molecular weight is 355 g/mol. The molecule has 1 unspecified atom stereocenters. The van der Waals surface area contributed by atoms with Crippen molar-refractivity contribution in [3.63, 3.8) is 0 Å². The second-order valence-corrected chi connectivity index (χ2v) is 7.17. The maximum absolute atomic E-state index is 13.8. The quantitative estimate of drug-likeness (QED) is 0.762. The number of rotatable bonds is 3. The van der Waals surface area contributed by atoms with E-state index in [1.165, 1.54) is 10.8 Å². The van der Waals surface area contributed by atoms with Gasteiger partial charge in [0.2, 0.25) is 5.91 Å². The molecule has 4 rings (SSSR count). The van der Waals surface area contributed by atoms with E-state index in [9.17, 15) is 9.18 Å². The van der Waals surface area contributed by atoms with E-state index in [0.29, 0.717) is 6.54 Å². The molecule has 1 N–H and O–H groups in total. The standard InChI is InChI=1S/C19H18FN3OS/c20-15-5-1-2-6-16(15)22-19(24)13-4-3-10-23(12-13)18-14-8-11-25-17(14)7-9-21-18/h1-2,5-9,11,13H,3-4,10,12H2,(H,22,24). The number of pyridine rings is 1. The van der Waals surface area contributed by atoms with Gasteiger partial charge in [0.15, 0.2) is 0 Å². The van der Waals surface area contributed by atoms with Crippen LogP contribution >= 0.6 is 11.3 Å². The molecule has 1 atom stereocenters. The summed E-state index contributed by atoms with van der Waals surface area (Å²) in [5.74, 6) is 0.215. The molecule has 1 aliphatic rings. The van der Waals surface area contributed by atoms with Crippen molar-refractivity contribution in [2.75, 3.05) is 23.3 Å². The number of anilines is 2. The molecule has 0 aliphatic carbocycles. The fourth-order valence-electron chi connectivity index (χ4n) is 3.31. The summed E-state index contributed by atoms with van der Waals surface area (Å²) in [7, 11) is 0. The van der Waals surface area contributed by atoms with Gasteiger partial charge in [-0.1, -0.05) is 12.1 Å². The van der Waals surface area contributed by atoms with Gasteiger partial charge in [-0.3, -0.25) is 4.79 Å². The van der Waals surface area contributed by atoms with Crippen molar-refractivity contribution in [2.45, 2.75) is 12.8 Å². The molecule has 6 heteroatoms. The molecule has 0 radical (unpaired) electrons. The second kappa shape index (κ2) is 6.80. The SMILES string of the molecule is O=C(Nc1ccccc1F)C1CCCN(c2nccc3sccc23)C1. The molecule has 1 saturated heterocycles. The van der Waals surface area contributed by atoms with Crippen LogP contribution in [0.25, 0.3) is 10.1 Å². The number of piperidine rings is 1. The maximum atomic E-state index is 13.8. The van der Waals surface area contributed by atoms with E-state index in [1.54, 1.807) is 29.5 Å². The number of hydrogen-bond acceptors (Lipinski definition) is 4. The van der Waals surface area contributed by atoms with Gasteiger partial charge in [0, 0.05) is 29.4 Å². The van der Waals surface area contributed by atoms with Crippen LogP contribution in [0.2, 0.25) is 0 Å². The predicted molar refractivity (Wildman–Crippen MR) is 99.6 cm³/mol. The van der Waals surface area contributed by atoms with E-state index in [4.69, 9.17) is 0 Å². The Morgan fingerprint density at radius 1 is 1.28 bits per heavy atom. The van der Waals surface area contributed by atoms with Crippen molar-refractivity contribution >= 4 is 38.8 Å². The molecule has 25 heavy (non-hydrogen) atoms. The number of nitrogens with one attached hydrogen (secondary N) is 1. The topological polar surface area (TPSA) is 45.2 Å². The van der Waals surface area contributed by atoms with Crippen molar-refractivity contribution in [1.29, 1.82) is 0 Å². The number of fused-ring (bicyclic) bond motifs is 1. The Balaban J connectivity index is 1.52. The van der Waals surface area contributed by atoms with Crippen molar-refractivity contribution in [2.24, 2.45) is 5.92 Å². The van der Waals surface area contributed by atoms with Gasteiger partial charge in [0.1, 0.15) is 11.6 Å². The summed E-state index contributed by atoms with van der Waals surface area (Å²) in [6, 6.07) is 10.3. The third-order valence-corrected chi connectivity index (χ3v) is 5.46. The second-order valence-electron chi connectivity index (χ2n) is 6.22. The number of carbonyl (C=O) groups excluding carboxylic acids is 1. The predicted octanol–water partition coefficient (Wildman–Crippen LogP) is 4.29. The minimum absolute atomic E-state index is 0.132. The van der Waals surface area contributed by atoms with Crippen LogP contribution in [0.3, 0.4) is 0 Å². The molecule has 0 bridgehead atoms. The van der Waals surface area contributed by atoms with E-state index >= 15 is 0 Å². The van der Waals surface area contributed by atoms with Gasteiger partial charge in [0.25, 0.3) is 0 Å². The number of amides is 1. The normalized spacial score (nSPS) is 17.6. The number of thiophene rings is 1. The van der Waals surface area contributed by atoms with Gasteiger partial charge in [0.05, 0.1) is 11.6 Å². The Bertz CT molecular complexity index is 910. The van der Waals surface area contributed by atoms with Crippen LogP contribution in [0.4, 0.5) is 15.9 Å². The highest BCUT2D eigenvalue weighted by atomic mass is 32.1. The number of halogens is 1. The Morgan fingerprint density at radius 3 is 3.04 bits per heavy atom. The van der Waals surface area contributed by atoms with Crippen LogP contribution in [-0.2, 0) is 4.79 Å². The lowest BCUT2D eigenvalue weighted by molar-refractivity contribution is -0.120. The summed E-state index contributed by atoms with van der Waals surface area (Å²) in [6.45, 7) is 1.48. The molecule has 0 spiro atoms. The highest BCUT2D eigenvalue weighted by Crippen LogP contribution is 2.31. The van der Waals surface area contributed by atoms with Crippen LogP contribution in [0.5, 0.6) is 0 Å². The average Bonchev–Trinajstić information content (AvgIpc) is 3.12. The highest BCUT2D eigenvalue weighted by Gasteiger charge is 2.27. The largest absolute Gasteiger partial charge is 0.355 e.